The molecule has 74 valence electrons. The highest BCUT2D eigenvalue weighted by Gasteiger charge is 2.16. The summed E-state index contributed by atoms with van der Waals surface area (Å²) in [6.45, 7) is 3.69. The Bertz CT molecular complexity index is 433. The maximum Gasteiger partial charge on any atom is 0.293 e. The van der Waals surface area contributed by atoms with Gasteiger partial charge in [-0.3, -0.25) is 0 Å². The van der Waals surface area contributed by atoms with Crippen molar-refractivity contribution in [2.24, 2.45) is 0 Å². The minimum atomic E-state index is -0.261. The van der Waals surface area contributed by atoms with Crippen LogP contribution in [0.25, 0.3) is 11.7 Å². The van der Waals surface area contributed by atoms with Crippen LogP contribution in [0, 0.1) is 6.92 Å². The lowest BCUT2D eigenvalue weighted by Gasteiger charge is -1.90. The van der Waals surface area contributed by atoms with Crippen molar-refractivity contribution in [2.45, 2.75) is 19.2 Å². The molecule has 2 aromatic heterocycles. The fourth-order valence-electron chi connectivity index (χ4n) is 1.08. The van der Waals surface area contributed by atoms with E-state index in [-0.39, 0.29) is 5.38 Å². The number of furan rings is 1. The van der Waals surface area contributed by atoms with E-state index >= 15 is 0 Å². The van der Waals surface area contributed by atoms with E-state index in [0.29, 0.717) is 17.5 Å². The summed E-state index contributed by atoms with van der Waals surface area (Å²) >= 11 is 5.80. The first-order valence-electron chi connectivity index (χ1n) is 4.20. The topological polar surface area (TPSA) is 52.1 Å². The van der Waals surface area contributed by atoms with Gasteiger partial charge >= 0.3 is 0 Å². The predicted molar refractivity (Wildman–Crippen MR) is 51.0 cm³/mol. The average molecular weight is 213 g/mol. The number of aryl methyl sites for hydroxylation is 1. The molecular formula is C9H9ClN2O2. The molecule has 0 aliphatic rings. The Morgan fingerprint density at radius 2 is 2.29 bits per heavy atom. The quantitative estimate of drug-likeness (QED) is 0.719. The zero-order valence-electron chi connectivity index (χ0n) is 7.82. The van der Waals surface area contributed by atoms with Gasteiger partial charge in [-0.25, -0.2) is 0 Å². The summed E-state index contributed by atoms with van der Waals surface area (Å²) in [5, 5.41) is 3.47. The number of halogens is 1. The van der Waals surface area contributed by atoms with E-state index < -0.39 is 0 Å². The first-order valence-corrected chi connectivity index (χ1v) is 4.64. The van der Waals surface area contributed by atoms with Gasteiger partial charge in [-0.15, -0.1) is 11.6 Å². The molecule has 0 saturated carbocycles. The second kappa shape index (κ2) is 3.46. The van der Waals surface area contributed by atoms with Gasteiger partial charge in [0.25, 0.3) is 5.89 Å². The molecule has 5 heteroatoms. The summed E-state index contributed by atoms with van der Waals surface area (Å²) in [6.07, 6.45) is 1.58. The van der Waals surface area contributed by atoms with Gasteiger partial charge in [-0.1, -0.05) is 5.16 Å². The molecule has 2 rings (SSSR count). The van der Waals surface area contributed by atoms with Gasteiger partial charge in [-0.05, 0) is 19.9 Å². The maximum absolute atomic E-state index is 5.80. The molecule has 0 aliphatic heterocycles. The van der Waals surface area contributed by atoms with E-state index in [0.717, 1.165) is 5.56 Å². The Labute approximate surface area is 85.9 Å². The second-order valence-electron chi connectivity index (χ2n) is 3.01. The van der Waals surface area contributed by atoms with Crippen molar-refractivity contribution in [1.29, 1.82) is 0 Å². The summed E-state index contributed by atoms with van der Waals surface area (Å²) in [5.74, 6) is 1.44. The van der Waals surface area contributed by atoms with Crippen LogP contribution in [-0.2, 0) is 0 Å². The number of nitrogens with zero attached hydrogens (tertiary/aromatic N) is 2. The molecule has 0 saturated heterocycles. The molecule has 0 radical (unpaired) electrons. The number of rotatable bonds is 2. The molecular weight excluding hydrogens is 204 g/mol. The summed E-state index contributed by atoms with van der Waals surface area (Å²) in [4.78, 5) is 4.11. The molecule has 0 bridgehead atoms. The van der Waals surface area contributed by atoms with E-state index in [4.69, 9.17) is 20.5 Å². The molecule has 14 heavy (non-hydrogen) atoms. The minimum Gasteiger partial charge on any atom is -0.459 e. The van der Waals surface area contributed by atoms with E-state index in [1.165, 1.54) is 0 Å². The Kier molecular flexibility index (Phi) is 2.29. The lowest BCUT2D eigenvalue weighted by atomic mass is 10.3. The van der Waals surface area contributed by atoms with Crippen LogP contribution in [0.5, 0.6) is 0 Å². The van der Waals surface area contributed by atoms with Crippen molar-refractivity contribution in [3.8, 4) is 11.7 Å². The first kappa shape index (κ1) is 9.27. The third kappa shape index (κ3) is 1.53. The van der Waals surface area contributed by atoms with Crippen LogP contribution in [-0.4, -0.2) is 10.1 Å². The maximum atomic E-state index is 5.80. The van der Waals surface area contributed by atoms with Gasteiger partial charge in [0.05, 0.1) is 11.6 Å². The smallest absolute Gasteiger partial charge is 0.293 e. The number of hydrogen-bond donors (Lipinski definition) is 0. The second-order valence-corrected chi connectivity index (χ2v) is 3.66. The van der Waals surface area contributed by atoms with Crippen molar-refractivity contribution in [1.82, 2.24) is 10.1 Å². The number of alkyl halides is 1. The van der Waals surface area contributed by atoms with Crippen molar-refractivity contribution < 1.29 is 8.94 Å². The van der Waals surface area contributed by atoms with Crippen LogP contribution in [0.4, 0.5) is 0 Å². The van der Waals surface area contributed by atoms with Crippen LogP contribution < -0.4 is 0 Å². The zero-order chi connectivity index (χ0) is 10.1. The van der Waals surface area contributed by atoms with E-state index in [1.807, 2.05) is 13.0 Å². The van der Waals surface area contributed by atoms with Crippen molar-refractivity contribution in [3.05, 3.63) is 23.7 Å². The van der Waals surface area contributed by atoms with Gasteiger partial charge < -0.3 is 8.94 Å². The highest BCUT2D eigenvalue weighted by atomic mass is 35.5. The number of hydrogen-bond acceptors (Lipinski definition) is 4. The lowest BCUT2D eigenvalue weighted by molar-refractivity contribution is 0.408. The highest BCUT2D eigenvalue weighted by Crippen LogP contribution is 2.24. The van der Waals surface area contributed by atoms with Gasteiger partial charge in [0.1, 0.15) is 0 Å². The molecule has 4 nitrogen and oxygen atoms in total. The minimum absolute atomic E-state index is 0.261. The van der Waals surface area contributed by atoms with Crippen LogP contribution >= 0.6 is 11.6 Å². The summed E-state index contributed by atoms with van der Waals surface area (Å²) < 4.78 is 10.2. The number of aromatic nitrogens is 2. The zero-order valence-corrected chi connectivity index (χ0v) is 8.58. The molecule has 0 aliphatic carbocycles. The third-order valence-corrected chi connectivity index (χ3v) is 2.05. The molecule has 2 aromatic rings. The van der Waals surface area contributed by atoms with Crippen molar-refractivity contribution in [3.63, 3.8) is 0 Å². The van der Waals surface area contributed by atoms with Gasteiger partial charge in [-0.2, -0.15) is 4.98 Å². The van der Waals surface area contributed by atoms with Crippen LogP contribution in [0.3, 0.4) is 0 Å². The summed E-state index contributed by atoms with van der Waals surface area (Å²) in [6, 6.07) is 1.84. The van der Waals surface area contributed by atoms with Gasteiger partial charge in [0, 0.05) is 5.56 Å². The fraction of sp³-hybridized carbons (Fsp3) is 0.333. The molecule has 0 amide bonds. The molecule has 1 unspecified atom stereocenters. The van der Waals surface area contributed by atoms with Crippen LogP contribution in [0.1, 0.15) is 23.7 Å². The summed E-state index contributed by atoms with van der Waals surface area (Å²) in [7, 11) is 0. The molecule has 0 N–H and O–H groups in total. The van der Waals surface area contributed by atoms with E-state index in [2.05, 4.69) is 10.1 Å². The SMILES string of the molecule is Cc1ccoc1-c1nc(C(C)Cl)no1. The van der Waals surface area contributed by atoms with E-state index in [1.54, 1.807) is 13.2 Å². The molecule has 0 spiro atoms. The Morgan fingerprint density at radius 3 is 2.79 bits per heavy atom. The Morgan fingerprint density at radius 1 is 1.50 bits per heavy atom. The predicted octanol–water partition coefficient (Wildman–Crippen LogP) is 2.94. The van der Waals surface area contributed by atoms with Crippen molar-refractivity contribution in [2.75, 3.05) is 0 Å². The lowest BCUT2D eigenvalue weighted by Crippen LogP contribution is -1.86. The highest BCUT2D eigenvalue weighted by molar-refractivity contribution is 6.20. The summed E-state index contributed by atoms with van der Waals surface area (Å²) in [5.41, 5.74) is 0.961. The van der Waals surface area contributed by atoms with Crippen LogP contribution in [0.2, 0.25) is 0 Å². The first-order chi connectivity index (χ1) is 6.68. The Balaban J connectivity index is 2.39. The van der Waals surface area contributed by atoms with E-state index in [9.17, 15) is 0 Å². The largest absolute Gasteiger partial charge is 0.459 e. The Hall–Kier alpha value is -1.29. The monoisotopic (exact) mass is 212 g/mol. The normalized spacial score (nSPS) is 13.1. The molecule has 2 heterocycles. The molecule has 1 atom stereocenters. The fourth-order valence-corrected chi connectivity index (χ4v) is 1.17. The average Bonchev–Trinajstić information content (AvgIpc) is 2.71. The molecule has 0 aromatic carbocycles. The third-order valence-electron chi connectivity index (χ3n) is 1.85. The molecule has 0 fully saturated rings. The standard InChI is InChI=1S/C9H9ClN2O2/c1-5-3-4-13-7(5)9-11-8(6(2)10)12-14-9/h3-4,6H,1-2H3. The van der Waals surface area contributed by atoms with Gasteiger partial charge in [0.2, 0.25) is 0 Å². The van der Waals surface area contributed by atoms with Gasteiger partial charge in [0.15, 0.2) is 11.6 Å². The van der Waals surface area contributed by atoms with Crippen LogP contribution in [0.15, 0.2) is 21.3 Å². The van der Waals surface area contributed by atoms with Crippen molar-refractivity contribution >= 4 is 11.6 Å².